The summed E-state index contributed by atoms with van der Waals surface area (Å²) in [5.74, 6) is -1.03. The zero-order valence-electron chi connectivity index (χ0n) is 47.5. The van der Waals surface area contributed by atoms with Gasteiger partial charge in [0.25, 0.3) is 0 Å². The van der Waals surface area contributed by atoms with Crippen LogP contribution in [0.1, 0.15) is 213 Å². The molecule has 0 aromatic heterocycles. The fourth-order valence-corrected chi connectivity index (χ4v) is 7.11. The van der Waals surface area contributed by atoms with Gasteiger partial charge in [0.2, 0.25) is 0 Å². The van der Waals surface area contributed by atoms with Crippen molar-refractivity contribution >= 4 is 17.9 Å². The van der Waals surface area contributed by atoms with Crippen molar-refractivity contribution in [3.05, 3.63) is 182 Å². The molecule has 1 atom stereocenters. The van der Waals surface area contributed by atoms with Gasteiger partial charge in [0, 0.05) is 19.3 Å². The lowest BCUT2D eigenvalue weighted by molar-refractivity contribution is -0.167. The molecule has 1 unspecified atom stereocenters. The number of carbonyl (C=O) groups is 3. The molecule has 0 N–H and O–H groups in total. The molecule has 0 radical (unpaired) electrons. The third-order valence-corrected chi connectivity index (χ3v) is 11.4. The summed E-state index contributed by atoms with van der Waals surface area (Å²) < 4.78 is 16.7. The maximum atomic E-state index is 12.8. The van der Waals surface area contributed by atoms with Gasteiger partial charge >= 0.3 is 17.9 Å². The van der Waals surface area contributed by atoms with Gasteiger partial charge in [-0.25, -0.2) is 0 Å². The van der Waals surface area contributed by atoms with E-state index < -0.39 is 6.10 Å². The fraction of sp³-hybridized carbons (Fsp3) is 0.522. The highest BCUT2D eigenvalue weighted by molar-refractivity contribution is 5.71. The average molecular weight is 1030 g/mol. The van der Waals surface area contributed by atoms with Crippen LogP contribution in [-0.2, 0) is 28.6 Å². The molecule has 0 aliphatic heterocycles. The molecular formula is C69H104O6. The predicted molar refractivity (Wildman–Crippen MR) is 324 cm³/mol. The first-order valence-electron chi connectivity index (χ1n) is 29.3. The van der Waals surface area contributed by atoms with E-state index in [0.29, 0.717) is 19.3 Å². The molecule has 0 aromatic rings. The van der Waals surface area contributed by atoms with Crippen LogP contribution < -0.4 is 0 Å². The van der Waals surface area contributed by atoms with Gasteiger partial charge < -0.3 is 14.2 Å². The molecule has 0 saturated heterocycles. The first-order chi connectivity index (χ1) is 37.0. The summed E-state index contributed by atoms with van der Waals surface area (Å²) in [5.41, 5.74) is 0. The summed E-state index contributed by atoms with van der Waals surface area (Å²) in [5, 5.41) is 0. The van der Waals surface area contributed by atoms with Crippen molar-refractivity contribution in [1.29, 1.82) is 0 Å². The summed E-state index contributed by atoms with van der Waals surface area (Å²) in [4.78, 5) is 38.1. The van der Waals surface area contributed by atoms with Crippen molar-refractivity contribution in [2.75, 3.05) is 13.2 Å². The molecular weight excluding hydrogens is 925 g/mol. The van der Waals surface area contributed by atoms with Gasteiger partial charge in [-0.15, -0.1) is 0 Å². The van der Waals surface area contributed by atoms with Gasteiger partial charge in [-0.2, -0.15) is 0 Å². The van der Waals surface area contributed by atoms with Crippen molar-refractivity contribution in [1.82, 2.24) is 0 Å². The van der Waals surface area contributed by atoms with E-state index in [1.165, 1.54) is 0 Å². The lowest BCUT2D eigenvalue weighted by Gasteiger charge is -2.18. The normalized spacial score (nSPS) is 13.5. The first kappa shape index (κ1) is 69.5. The molecule has 75 heavy (non-hydrogen) atoms. The minimum absolute atomic E-state index is 0.125. The third kappa shape index (κ3) is 59.3. The predicted octanol–water partition coefficient (Wildman–Crippen LogP) is 20.1. The number of hydrogen-bond acceptors (Lipinski definition) is 6. The molecule has 0 saturated carbocycles. The Morgan fingerprint density at radius 1 is 0.267 bits per heavy atom. The Hall–Kier alpha value is -5.49. The van der Waals surface area contributed by atoms with Gasteiger partial charge in [0.1, 0.15) is 13.2 Å². The second-order valence-electron chi connectivity index (χ2n) is 18.4. The molecule has 0 amide bonds. The largest absolute Gasteiger partial charge is 0.462 e. The highest BCUT2D eigenvalue weighted by Crippen LogP contribution is 2.11. The number of rotatable bonds is 50. The van der Waals surface area contributed by atoms with Crippen LogP contribution in [0.4, 0.5) is 0 Å². The van der Waals surface area contributed by atoms with Crippen LogP contribution in [-0.4, -0.2) is 37.2 Å². The number of ether oxygens (including phenoxy) is 3. The Balaban J connectivity index is 4.42. The van der Waals surface area contributed by atoms with Crippen LogP contribution in [0, 0.1) is 0 Å². The van der Waals surface area contributed by atoms with Gasteiger partial charge in [-0.3, -0.25) is 14.4 Å². The van der Waals surface area contributed by atoms with Gasteiger partial charge in [0.05, 0.1) is 0 Å². The van der Waals surface area contributed by atoms with E-state index in [2.05, 4.69) is 203 Å². The van der Waals surface area contributed by atoms with Crippen molar-refractivity contribution in [3.8, 4) is 0 Å². The molecule has 0 bridgehead atoms. The Labute approximate surface area is 459 Å². The molecule has 0 aliphatic carbocycles. The summed E-state index contributed by atoms with van der Waals surface area (Å²) in [6, 6.07) is 0. The molecule has 0 spiro atoms. The molecule has 0 aromatic carbocycles. The smallest absolute Gasteiger partial charge is 0.306 e. The lowest BCUT2D eigenvalue weighted by atomic mass is 10.1. The number of hydrogen-bond donors (Lipinski definition) is 0. The summed E-state index contributed by atoms with van der Waals surface area (Å²) in [7, 11) is 0. The van der Waals surface area contributed by atoms with Crippen LogP contribution >= 0.6 is 0 Å². The molecule has 0 aliphatic rings. The van der Waals surface area contributed by atoms with E-state index >= 15 is 0 Å². The fourth-order valence-electron chi connectivity index (χ4n) is 7.11. The van der Waals surface area contributed by atoms with Crippen LogP contribution in [0.3, 0.4) is 0 Å². The van der Waals surface area contributed by atoms with Gasteiger partial charge in [0.15, 0.2) is 6.10 Å². The molecule has 416 valence electrons. The second kappa shape index (κ2) is 61.1. The van der Waals surface area contributed by atoms with Gasteiger partial charge in [-0.1, -0.05) is 222 Å². The number of unbranched alkanes of at least 4 members (excludes halogenated alkanes) is 9. The highest BCUT2D eigenvalue weighted by atomic mass is 16.6. The van der Waals surface area contributed by atoms with Crippen molar-refractivity contribution in [2.45, 2.75) is 219 Å². The van der Waals surface area contributed by atoms with E-state index in [0.717, 1.165) is 167 Å². The van der Waals surface area contributed by atoms with Crippen molar-refractivity contribution in [3.63, 3.8) is 0 Å². The van der Waals surface area contributed by atoms with Crippen LogP contribution in [0.2, 0.25) is 0 Å². The van der Waals surface area contributed by atoms with Gasteiger partial charge in [-0.05, 0) is 154 Å². The minimum Gasteiger partial charge on any atom is -0.462 e. The monoisotopic (exact) mass is 1030 g/mol. The second-order valence-corrected chi connectivity index (χ2v) is 18.4. The van der Waals surface area contributed by atoms with E-state index in [1.807, 2.05) is 0 Å². The summed E-state index contributed by atoms with van der Waals surface area (Å²) in [6.45, 7) is 6.18. The zero-order chi connectivity index (χ0) is 54.3. The average Bonchev–Trinajstić information content (AvgIpc) is 3.41. The molecule has 0 fully saturated rings. The van der Waals surface area contributed by atoms with Crippen LogP contribution in [0.5, 0.6) is 0 Å². The van der Waals surface area contributed by atoms with E-state index in [4.69, 9.17) is 14.2 Å². The number of carbonyl (C=O) groups excluding carboxylic acids is 3. The highest BCUT2D eigenvalue weighted by Gasteiger charge is 2.19. The Morgan fingerprint density at radius 2 is 0.480 bits per heavy atom. The number of esters is 3. The Bertz CT molecular complexity index is 1800. The van der Waals surface area contributed by atoms with Crippen LogP contribution in [0.15, 0.2) is 182 Å². The maximum Gasteiger partial charge on any atom is 0.306 e. The Morgan fingerprint density at radius 3 is 0.720 bits per heavy atom. The van der Waals surface area contributed by atoms with E-state index in [1.54, 1.807) is 0 Å². The first-order valence-corrected chi connectivity index (χ1v) is 29.3. The molecule has 6 nitrogen and oxygen atoms in total. The summed E-state index contributed by atoms with van der Waals surface area (Å²) >= 11 is 0. The lowest BCUT2D eigenvalue weighted by Crippen LogP contribution is -2.30. The topological polar surface area (TPSA) is 78.9 Å². The minimum atomic E-state index is -0.829. The molecule has 0 heterocycles. The van der Waals surface area contributed by atoms with E-state index in [9.17, 15) is 14.4 Å². The standard InChI is InChI=1S/C69H104O6/c1-4-7-10-13-16-19-22-25-26-27-28-29-30-31-32-33-34-35-36-37-38-39-40-41-42-45-47-50-53-56-59-62-68(71)74-65-66(75-69(72)63-60-57-54-51-48-44-24-21-18-15-12-9-6-3)64-73-67(70)61-58-55-52-49-46-43-23-20-17-14-11-8-5-2/h7-12,16-21,25-26,28-29,31-32,34-35,37-38,40-41,43-48,66H,4-6,13-15,22-24,27,30,33,36,39,42,49-65H2,1-3H3/b10-7-,11-8-,12-9-,19-16-,20-17-,21-18-,26-25-,29-28-,32-31-,35-34-,38-37-,41-40-,46-43-,47-45-,48-44-. The molecule has 0 rings (SSSR count). The quantitative estimate of drug-likeness (QED) is 0.0261. The maximum absolute atomic E-state index is 12.8. The Kier molecular flexibility index (Phi) is 56.6. The third-order valence-electron chi connectivity index (χ3n) is 11.4. The number of allylic oxidation sites excluding steroid dienone is 30. The zero-order valence-corrected chi connectivity index (χ0v) is 47.5. The van der Waals surface area contributed by atoms with E-state index in [-0.39, 0.29) is 37.5 Å². The molecule has 6 heteroatoms. The van der Waals surface area contributed by atoms with Crippen molar-refractivity contribution < 1.29 is 28.6 Å². The van der Waals surface area contributed by atoms with Crippen molar-refractivity contribution in [2.24, 2.45) is 0 Å². The SMILES string of the molecule is CC/C=C\C/C=C\C/C=C\C/C=C\C/C=C\C/C=C\C/C=C\C/C=C\C/C=C\CCCCCC(=O)OCC(COC(=O)CCCCC/C=C\C/C=C\C/C=C\CC)OC(=O)CCCCC/C=C\C/C=C\C/C=C\CC. The van der Waals surface area contributed by atoms with Crippen LogP contribution in [0.25, 0.3) is 0 Å². The summed E-state index contributed by atoms with van der Waals surface area (Å²) in [6.07, 6.45) is 91.9.